The molecule has 0 aliphatic rings. The molecule has 0 aromatic carbocycles. The molecule has 32 heteroatoms. The molecule has 0 spiro atoms. The van der Waals surface area contributed by atoms with Crippen molar-refractivity contribution in [1.82, 2.24) is 76.5 Å². The molecule has 0 bridgehead atoms. The van der Waals surface area contributed by atoms with Crippen LogP contribution in [0.25, 0.3) is 0 Å². The predicted molar refractivity (Wildman–Crippen MR) is 354 cm³/mol. The quantitative estimate of drug-likeness (QED) is 0.0354. The Morgan fingerprint density at radius 1 is 0.570 bits per heavy atom. The van der Waals surface area contributed by atoms with Crippen LogP contribution in [0.1, 0.15) is 112 Å². The van der Waals surface area contributed by atoms with Crippen LogP contribution in [0.4, 0.5) is 4.79 Å². The standard InChI is InChI=1S/C61H103N15O15S2/c1-43(77)36-48(58(85)66-31-34-74(11)60(87)89-42-49-44(2)90-61(88)91-49)75(12)55(82)24-14-13-19-35-92-93-54-26-25-45(37-67-54)59(86)76(32-20-29-64-56(83)46(68-52(80)40-72(7)8)22-15-17-27-62-50(78)38-70(3)4)33-21-30-65-57(84)47(69-53(81)41-73(9)10)23-16-18-28-63-51(79)39-71(5)6/h25-26,37,46-48H,13-24,27-36,38-42H2,1-12H3,(H,62,78)(H,63,79)(H,64,83)(H,65,84)(H,66,85)(H,68,80)(H,69,81)/t46-,47-,48-/m0/s1. The Balaban J connectivity index is 2.06. The van der Waals surface area contributed by atoms with Crippen molar-refractivity contribution in [2.24, 2.45) is 0 Å². The Morgan fingerprint density at radius 3 is 1.55 bits per heavy atom. The number of amides is 10. The van der Waals surface area contributed by atoms with Crippen LogP contribution in [-0.4, -0.2) is 277 Å². The second-order valence-corrected chi connectivity index (χ2v) is 26.1. The number of carbonyl (C=O) groups is 11. The number of aryl methyl sites for hydroxylation is 1. The first kappa shape index (κ1) is 82.0. The van der Waals surface area contributed by atoms with Crippen molar-refractivity contribution in [1.29, 1.82) is 0 Å². The molecule has 10 amide bonds. The highest BCUT2D eigenvalue weighted by atomic mass is 33.1. The lowest BCUT2D eigenvalue weighted by molar-refractivity contribution is -0.140. The van der Waals surface area contributed by atoms with Gasteiger partial charge in [0.05, 0.1) is 31.7 Å². The van der Waals surface area contributed by atoms with E-state index in [4.69, 9.17) is 13.6 Å². The molecule has 7 N–H and O–H groups in total. The van der Waals surface area contributed by atoms with Crippen LogP contribution in [0.5, 0.6) is 0 Å². The molecule has 0 aliphatic carbocycles. The van der Waals surface area contributed by atoms with Crippen LogP contribution in [0.2, 0.25) is 0 Å². The van der Waals surface area contributed by atoms with Crippen molar-refractivity contribution >= 4 is 86.6 Å². The van der Waals surface area contributed by atoms with E-state index in [1.165, 1.54) is 54.7 Å². The van der Waals surface area contributed by atoms with Gasteiger partial charge in [-0.1, -0.05) is 17.2 Å². The molecule has 0 saturated carbocycles. The van der Waals surface area contributed by atoms with Crippen molar-refractivity contribution in [2.45, 2.75) is 127 Å². The summed E-state index contributed by atoms with van der Waals surface area (Å²) in [7, 11) is 20.1. The first-order chi connectivity index (χ1) is 44.1. The number of aromatic nitrogens is 1. The van der Waals surface area contributed by atoms with E-state index >= 15 is 0 Å². The summed E-state index contributed by atoms with van der Waals surface area (Å²) in [6, 6.07) is 0.712. The molecule has 3 atom stereocenters. The monoisotopic (exact) mass is 1350 g/mol. The summed E-state index contributed by atoms with van der Waals surface area (Å²) in [4.78, 5) is 169. The minimum absolute atomic E-state index is 0.00402. The van der Waals surface area contributed by atoms with Gasteiger partial charge in [0.2, 0.25) is 47.3 Å². The number of nitrogens with one attached hydrogen (secondary N) is 7. The number of ketones is 1. The third-order valence-electron chi connectivity index (χ3n) is 13.8. The second-order valence-electron chi connectivity index (χ2n) is 23.7. The summed E-state index contributed by atoms with van der Waals surface area (Å²) in [5, 5.41) is 20.6. The number of unbranched alkanes of at least 4 members (excludes halogenated alkanes) is 4. The van der Waals surface area contributed by atoms with E-state index in [0.717, 1.165) is 12.2 Å². The lowest BCUT2D eigenvalue weighted by atomic mass is 10.1. The molecule has 0 radical (unpaired) electrons. The molecule has 2 aromatic rings. The normalized spacial score (nSPS) is 12.2. The number of Topliss-reactive ketones (excluding diaryl/α,β-unsaturated/α-hetero) is 1. The van der Waals surface area contributed by atoms with Crippen molar-refractivity contribution in [3.63, 3.8) is 0 Å². The number of rotatable bonds is 48. The maximum Gasteiger partial charge on any atom is 0.519 e. The number of pyridine rings is 1. The van der Waals surface area contributed by atoms with Gasteiger partial charge in [0, 0.05) is 91.2 Å². The average Bonchev–Trinajstić information content (AvgIpc) is 1.68. The molecule has 2 aromatic heterocycles. The van der Waals surface area contributed by atoms with Gasteiger partial charge in [-0.3, -0.25) is 47.9 Å². The third kappa shape index (κ3) is 36.8. The maximum atomic E-state index is 14.2. The fourth-order valence-electron chi connectivity index (χ4n) is 8.99. The highest BCUT2D eigenvalue weighted by Crippen LogP contribution is 2.30. The zero-order chi connectivity index (χ0) is 69.4. The molecule has 0 unspecified atom stereocenters. The van der Waals surface area contributed by atoms with Crippen molar-refractivity contribution in [2.75, 3.05) is 155 Å². The van der Waals surface area contributed by atoms with Gasteiger partial charge in [0.1, 0.15) is 28.9 Å². The van der Waals surface area contributed by atoms with Crippen molar-refractivity contribution < 1.29 is 66.3 Å². The lowest BCUT2D eigenvalue weighted by Crippen LogP contribution is -2.49. The van der Waals surface area contributed by atoms with E-state index < -0.39 is 35.9 Å². The first-order valence-corrected chi connectivity index (χ1v) is 33.7. The predicted octanol–water partition coefficient (Wildman–Crippen LogP) is 0.672. The number of nitrogens with zero attached hydrogens (tertiary/aromatic N) is 8. The summed E-state index contributed by atoms with van der Waals surface area (Å²) in [5.74, 6) is -3.04. The van der Waals surface area contributed by atoms with Gasteiger partial charge in [0.25, 0.3) is 5.91 Å². The molecule has 93 heavy (non-hydrogen) atoms. The third-order valence-corrected chi connectivity index (χ3v) is 16.2. The van der Waals surface area contributed by atoms with Gasteiger partial charge in [0.15, 0.2) is 18.1 Å². The maximum absolute atomic E-state index is 14.2. The summed E-state index contributed by atoms with van der Waals surface area (Å²) in [6.07, 6.45) is 6.37. The fraction of sp³-hybridized carbons (Fsp3) is 0.689. The summed E-state index contributed by atoms with van der Waals surface area (Å²) >= 11 is 0. The number of ether oxygens (including phenoxy) is 1. The molecule has 2 rings (SSSR count). The average molecular weight is 1350 g/mol. The summed E-state index contributed by atoms with van der Waals surface area (Å²) in [5.41, 5.74) is 0.319. The Bertz CT molecular complexity index is 2650. The summed E-state index contributed by atoms with van der Waals surface area (Å²) in [6.45, 7) is 4.83. The van der Waals surface area contributed by atoms with E-state index in [1.54, 1.807) is 104 Å². The second kappa shape index (κ2) is 46.0. The van der Waals surface area contributed by atoms with Gasteiger partial charge in [-0.2, -0.15) is 0 Å². The Hall–Kier alpha value is -7.13. The minimum atomic E-state index is -1.06. The van der Waals surface area contributed by atoms with E-state index in [9.17, 15) is 57.5 Å². The van der Waals surface area contributed by atoms with Gasteiger partial charge in [-0.05, 0) is 157 Å². The number of hydrogen-bond acceptors (Lipinski definition) is 22. The van der Waals surface area contributed by atoms with Crippen LogP contribution in [0.15, 0.2) is 37.0 Å². The van der Waals surface area contributed by atoms with E-state index in [1.807, 2.05) is 0 Å². The first-order valence-electron chi connectivity index (χ1n) is 31.4. The van der Waals surface area contributed by atoms with E-state index in [0.29, 0.717) is 87.9 Å². The van der Waals surface area contributed by atoms with E-state index in [2.05, 4.69) is 42.2 Å². The molecule has 0 aliphatic heterocycles. The van der Waals surface area contributed by atoms with Crippen molar-refractivity contribution in [3.05, 3.63) is 46.0 Å². The van der Waals surface area contributed by atoms with Crippen LogP contribution in [0.3, 0.4) is 0 Å². The van der Waals surface area contributed by atoms with Crippen LogP contribution < -0.4 is 43.0 Å². The van der Waals surface area contributed by atoms with Gasteiger partial charge >= 0.3 is 11.9 Å². The topological polar surface area (TPSA) is 360 Å². The number of carbonyl (C=O) groups excluding carboxylic acids is 11. The molecule has 524 valence electrons. The molecule has 0 fully saturated rings. The van der Waals surface area contributed by atoms with Crippen LogP contribution >= 0.6 is 21.6 Å². The fourth-order valence-corrected chi connectivity index (χ4v) is 11.0. The highest BCUT2D eigenvalue weighted by molar-refractivity contribution is 8.76. The SMILES string of the molecule is CC(=O)C[C@@H](C(=O)NCCN(C)C(=O)OCc1oc(=O)oc1C)N(C)C(=O)CCCCCSSc1ccc(C(=O)N(CCCNC(=O)[C@H](CCCCNC(=O)CN(C)C)NC(=O)CN(C)C)CCCNC(=O)[C@H](CCCCNC(=O)CN(C)C)NC(=O)CN(C)C)cn1. The molecular formula is C61H103N15O15S2. The highest BCUT2D eigenvalue weighted by Gasteiger charge is 2.29. The van der Waals surface area contributed by atoms with Gasteiger partial charge < -0.3 is 85.1 Å². The zero-order valence-corrected chi connectivity index (χ0v) is 58.2. The number of hydrogen-bond donors (Lipinski definition) is 7. The molecular weight excluding hydrogens is 1250 g/mol. The van der Waals surface area contributed by atoms with Gasteiger partial charge in [-0.15, -0.1) is 0 Å². The zero-order valence-electron chi connectivity index (χ0n) is 56.6. The van der Waals surface area contributed by atoms with Crippen LogP contribution in [-0.2, 0) is 54.5 Å². The minimum Gasteiger partial charge on any atom is -0.441 e. The van der Waals surface area contributed by atoms with Crippen molar-refractivity contribution in [3.8, 4) is 0 Å². The largest absolute Gasteiger partial charge is 0.519 e. The molecule has 2 heterocycles. The van der Waals surface area contributed by atoms with E-state index in [-0.39, 0.29) is 149 Å². The number of likely N-dealkylation sites (N-methyl/N-ethyl adjacent to an activating group) is 6. The molecule has 30 nitrogen and oxygen atoms in total. The Kier molecular flexibility index (Phi) is 40.6. The lowest BCUT2D eigenvalue weighted by Gasteiger charge is -2.27. The van der Waals surface area contributed by atoms with Crippen LogP contribution in [0, 0.1) is 6.92 Å². The summed E-state index contributed by atoms with van der Waals surface area (Å²) < 4.78 is 14.7. The Morgan fingerprint density at radius 2 is 1.08 bits per heavy atom. The molecule has 0 saturated heterocycles. The smallest absolute Gasteiger partial charge is 0.441 e. The Labute approximate surface area is 555 Å². The van der Waals surface area contributed by atoms with Gasteiger partial charge in [-0.25, -0.2) is 14.6 Å².